The number of para-hydroxylation sites is 1. The van der Waals surface area contributed by atoms with Gasteiger partial charge in [-0.05, 0) is 42.0 Å². The molecule has 0 atom stereocenters. The van der Waals surface area contributed by atoms with Crippen molar-refractivity contribution in [2.45, 2.75) is 16.5 Å². The van der Waals surface area contributed by atoms with Crippen LogP contribution in [-0.4, -0.2) is 17.4 Å². The molecule has 6 heteroatoms. The number of aromatic nitrogens is 1. The highest BCUT2D eigenvalue weighted by atomic mass is 32.2. The number of nitrogens with zero attached hydrogens (tertiary/aromatic N) is 1. The van der Waals surface area contributed by atoms with E-state index in [0.29, 0.717) is 18.5 Å². The van der Waals surface area contributed by atoms with Crippen LogP contribution in [0.3, 0.4) is 0 Å². The van der Waals surface area contributed by atoms with Crippen LogP contribution in [0.2, 0.25) is 0 Å². The Morgan fingerprint density at radius 2 is 1.93 bits per heavy atom. The number of carbonyl (C=O) groups excluding carboxylic acids is 1. The van der Waals surface area contributed by atoms with Gasteiger partial charge in [0.25, 0.3) is 5.91 Å². The molecule has 0 saturated heterocycles. The number of rotatable bonds is 7. The summed E-state index contributed by atoms with van der Waals surface area (Å²) < 4.78 is 7.54. The first kappa shape index (κ1) is 17.8. The SMILES string of the molecule is O=C(NCCc1ccco1)c1ccc(CSc2nc3ccccc3s2)cc1. The van der Waals surface area contributed by atoms with Gasteiger partial charge in [-0.3, -0.25) is 4.79 Å². The van der Waals surface area contributed by atoms with Gasteiger partial charge in [0.1, 0.15) is 5.76 Å². The molecule has 4 rings (SSSR count). The van der Waals surface area contributed by atoms with Crippen molar-refractivity contribution >= 4 is 39.2 Å². The Morgan fingerprint density at radius 1 is 1.07 bits per heavy atom. The Labute approximate surface area is 165 Å². The molecular formula is C21H18N2O2S2. The van der Waals surface area contributed by atoms with Crippen LogP contribution >= 0.6 is 23.1 Å². The molecule has 0 unspecified atom stereocenters. The van der Waals surface area contributed by atoms with E-state index in [9.17, 15) is 4.79 Å². The summed E-state index contributed by atoms with van der Waals surface area (Å²) in [5.74, 6) is 1.64. The Kier molecular flexibility index (Phi) is 5.55. The normalized spacial score (nSPS) is 11.0. The number of hydrogen-bond acceptors (Lipinski definition) is 5. The fraction of sp³-hybridized carbons (Fsp3) is 0.143. The number of fused-ring (bicyclic) bond motifs is 1. The predicted octanol–water partition coefficient (Wildman–Crippen LogP) is 5.15. The Hall–Kier alpha value is -2.57. The molecule has 1 N–H and O–H groups in total. The van der Waals surface area contributed by atoms with Gasteiger partial charge in [0, 0.05) is 24.3 Å². The average Bonchev–Trinajstić information content (AvgIpc) is 3.36. The second kappa shape index (κ2) is 8.41. The van der Waals surface area contributed by atoms with Gasteiger partial charge in [0.05, 0.1) is 16.5 Å². The zero-order valence-electron chi connectivity index (χ0n) is 14.6. The third-order valence-corrected chi connectivity index (χ3v) is 6.34. The standard InChI is InChI=1S/C21H18N2O2S2/c24-20(22-12-11-17-4-3-13-25-17)16-9-7-15(8-10-16)14-26-21-23-18-5-1-2-6-19(18)27-21/h1-10,13H,11-12,14H2,(H,22,24). The van der Waals surface area contributed by atoms with Crippen LogP contribution in [0.15, 0.2) is 75.7 Å². The largest absolute Gasteiger partial charge is 0.469 e. The Bertz CT molecular complexity index is 991. The number of furan rings is 1. The first-order valence-electron chi connectivity index (χ1n) is 8.66. The third kappa shape index (κ3) is 4.59. The molecule has 0 aliphatic carbocycles. The Morgan fingerprint density at radius 3 is 2.70 bits per heavy atom. The molecule has 1 amide bonds. The quantitative estimate of drug-likeness (QED) is 0.440. The molecule has 2 heterocycles. The lowest BCUT2D eigenvalue weighted by molar-refractivity contribution is 0.0953. The molecule has 0 fully saturated rings. The van der Waals surface area contributed by atoms with Gasteiger partial charge < -0.3 is 9.73 Å². The zero-order valence-corrected chi connectivity index (χ0v) is 16.2. The molecule has 0 bridgehead atoms. The van der Waals surface area contributed by atoms with E-state index in [-0.39, 0.29) is 5.91 Å². The summed E-state index contributed by atoms with van der Waals surface area (Å²) in [5.41, 5.74) is 2.89. The monoisotopic (exact) mass is 394 g/mol. The zero-order chi connectivity index (χ0) is 18.5. The Balaban J connectivity index is 1.29. The van der Waals surface area contributed by atoms with Crippen molar-refractivity contribution in [2.75, 3.05) is 6.54 Å². The van der Waals surface area contributed by atoms with Crippen molar-refractivity contribution in [1.29, 1.82) is 0 Å². The maximum atomic E-state index is 12.2. The van der Waals surface area contributed by atoms with Crippen LogP contribution in [0.25, 0.3) is 10.2 Å². The lowest BCUT2D eigenvalue weighted by Gasteiger charge is -2.05. The highest BCUT2D eigenvalue weighted by Gasteiger charge is 2.07. The molecule has 4 nitrogen and oxygen atoms in total. The summed E-state index contributed by atoms with van der Waals surface area (Å²) in [5, 5.41) is 2.92. The molecule has 0 saturated carbocycles. The number of thioether (sulfide) groups is 1. The third-order valence-electron chi connectivity index (χ3n) is 4.09. The summed E-state index contributed by atoms with van der Waals surface area (Å²) >= 11 is 3.43. The highest BCUT2D eigenvalue weighted by molar-refractivity contribution is 8.00. The van der Waals surface area contributed by atoms with E-state index in [1.807, 2.05) is 54.6 Å². The molecule has 0 aliphatic heterocycles. The molecule has 0 radical (unpaired) electrons. The minimum atomic E-state index is -0.0630. The smallest absolute Gasteiger partial charge is 0.251 e. The predicted molar refractivity (Wildman–Crippen MR) is 110 cm³/mol. The van der Waals surface area contributed by atoms with Crippen LogP contribution in [0.4, 0.5) is 0 Å². The average molecular weight is 395 g/mol. The molecule has 27 heavy (non-hydrogen) atoms. The van der Waals surface area contributed by atoms with Crippen molar-refractivity contribution < 1.29 is 9.21 Å². The first-order chi connectivity index (χ1) is 13.3. The van der Waals surface area contributed by atoms with E-state index in [0.717, 1.165) is 21.4 Å². The van der Waals surface area contributed by atoms with E-state index < -0.39 is 0 Å². The van der Waals surface area contributed by atoms with E-state index in [1.54, 1.807) is 29.4 Å². The van der Waals surface area contributed by atoms with Crippen molar-refractivity contribution in [2.24, 2.45) is 0 Å². The minimum Gasteiger partial charge on any atom is -0.469 e. The number of carbonyl (C=O) groups is 1. The van der Waals surface area contributed by atoms with Gasteiger partial charge in [-0.1, -0.05) is 36.0 Å². The molecule has 0 spiro atoms. The molecule has 4 aromatic rings. The maximum absolute atomic E-state index is 12.2. The minimum absolute atomic E-state index is 0.0630. The molecule has 136 valence electrons. The number of hydrogen-bond donors (Lipinski definition) is 1. The second-order valence-electron chi connectivity index (χ2n) is 6.02. The van der Waals surface area contributed by atoms with Crippen LogP contribution in [0, 0.1) is 0 Å². The maximum Gasteiger partial charge on any atom is 0.251 e. The van der Waals surface area contributed by atoms with E-state index in [2.05, 4.69) is 16.4 Å². The van der Waals surface area contributed by atoms with Crippen molar-refractivity contribution in [1.82, 2.24) is 10.3 Å². The van der Waals surface area contributed by atoms with Crippen LogP contribution < -0.4 is 5.32 Å². The van der Waals surface area contributed by atoms with Crippen LogP contribution in [0.5, 0.6) is 0 Å². The highest BCUT2D eigenvalue weighted by Crippen LogP contribution is 2.31. The van der Waals surface area contributed by atoms with Gasteiger partial charge in [-0.15, -0.1) is 11.3 Å². The summed E-state index contributed by atoms with van der Waals surface area (Å²) in [6, 6.07) is 19.7. The number of thiazole rings is 1. The fourth-order valence-corrected chi connectivity index (χ4v) is 4.69. The summed E-state index contributed by atoms with van der Waals surface area (Å²) in [6.45, 7) is 0.557. The topological polar surface area (TPSA) is 55.1 Å². The molecule has 2 aromatic heterocycles. The van der Waals surface area contributed by atoms with E-state index in [1.165, 1.54) is 10.3 Å². The van der Waals surface area contributed by atoms with Gasteiger partial charge in [-0.25, -0.2) is 4.98 Å². The van der Waals surface area contributed by atoms with E-state index in [4.69, 9.17) is 4.42 Å². The molecular weight excluding hydrogens is 376 g/mol. The summed E-state index contributed by atoms with van der Waals surface area (Å²) in [6.07, 6.45) is 2.33. The second-order valence-corrected chi connectivity index (χ2v) is 8.27. The lowest BCUT2D eigenvalue weighted by Crippen LogP contribution is -2.25. The van der Waals surface area contributed by atoms with Gasteiger partial charge >= 0.3 is 0 Å². The van der Waals surface area contributed by atoms with Crippen molar-refractivity contribution in [3.8, 4) is 0 Å². The summed E-state index contributed by atoms with van der Waals surface area (Å²) in [7, 11) is 0. The van der Waals surface area contributed by atoms with Gasteiger partial charge in [-0.2, -0.15) is 0 Å². The van der Waals surface area contributed by atoms with E-state index >= 15 is 0 Å². The summed E-state index contributed by atoms with van der Waals surface area (Å²) in [4.78, 5) is 16.8. The van der Waals surface area contributed by atoms with Crippen molar-refractivity contribution in [3.05, 3.63) is 83.8 Å². The van der Waals surface area contributed by atoms with Crippen LogP contribution in [0.1, 0.15) is 21.7 Å². The van der Waals surface area contributed by atoms with Crippen LogP contribution in [-0.2, 0) is 12.2 Å². The van der Waals surface area contributed by atoms with Gasteiger partial charge in [0.2, 0.25) is 0 Å². The number of benzene rings is 2. The number of nitrogens with one attached hydrogen (secondary N) is 1. The fourth-order valence-electron chi connectivity index (χ4n) is 2.67. The van der Waals surface area contributed by atoms with Crippen molar-refractivity contribution in [3.63, 3.8) is 0 Å². The van der Waals surface area contributed by atoms with Gasteiger partial charge in [0.15, 0.2) is 4.34 Å². The number of amides is 1. The first-order valence-corrected chi connectivity index (χ1v) is 10.5. The molecule has 2 aromatic carbocycles. The lowest BCUT2D eigenvalue weighted by atomic mass is 10.1. The molecule has 0 aliphatic rings.